The van der Waals surface area contributed by atoms with Gasteiger partial charge >= 0.3 is 11.9 Å². The van der Waals surface area contributed by atoms with Gasteiger partial charge in [-0.15, -0.1) is 0 Å². The fourth-order valence-electron chi connectivity index (χ4n) is 10.8. The zero-order chi connectivity index (χ0) is 50.1. The number of unbranched alkanes of at least 4 members (excludes halogenated alkanes) is 26. The van der Waals surface area contributed by atoms with Crippen LogP contribution >= 0.6 is 0 Å². The Morgan fingerprint density at radius 3 is 1.19 bits per heavy atom. The molecule has 408 valence electrons. The number of carbonyl (C=O) groups is 3. The van der Waals surface area contributed by atoms with Crippen LogP contribution in [-0.2, 0) is 23.9 Å². The minimum atomic E-state index is -0.000221. The molecular weight excluding hydrogens is 853 g/mol. The smallest absolute Gasteiger partial charge is 0.305 e. The second-order valence-corrected chi connectivity index (χ2v) is 22.1. The van der Waals surface area contributed by atoms with E-state index in [1.54, 1.807) is 0 Å². The van der Waals surface area contributed by atoms with Crippen molar-refractivity contribution in [2.45, 2.75) is 330 Å². The summed E-state index contributed by atoms with van der Waals surface area (Å²) in [4.78, 5) is 44.5. The molecule has 1 aliphatic heterocycles. The average Bonchev–Trinajstić information content (AvgIpc) is 3.88. The van der Waals surface area contributed by atoms with Crippen LogP contribution in [0.4, 0.5) is 0 Å². The van der Waals surface area contributed by atoms with Crippen molar-refractivity contribution in [3.05, 3.63) is 0 Å². The van der Waals surface area contributed by atoms with Gasteiger partial charge in [0.2, 0.25) is 5.91 Å². The van der Waals surface area contributed by atoms with Crippen LogP contribution in [0.1, 0.15) is 324 Å². The Morgan fingerprint density at radius 2 is 0.739 bits per heavy atom. The number of rotatable bonds is 53. The summed E-state index contributed by atoms with van der Waals surface area (Å²) in [5.41, 5.74) is 0. The third-order valence-corrected chi connectivity index (χ3v) is 15.5. The van der Waals surface area contributed by atoms with E-state index in [9.17, 15) is 14.4 Å². The lowest BCUT2D eigenvalue weighted by Gasteiger charge is -2.33. The standard InChI is InChI=1S/C62H120N2O5/c1-6-11-16-19-20-25-30-38-54-64(60(65)48-37-39-51-63-52-40-41-53-63)59(46-33-26-21-23-28-35-49-61(66)68-55-57(42-14-9-4)44-31-17-12-7-2)47-34-27-22-24-29-36-50-62(67)69-56-58(43-15-10-5)45-32-18-13-8-3/h57-59H,6-56H2,1-5H3. The van der Waals surface area contributed by atoms with Crippen molar-refractivity contribution in [3.8, 4) is 0 Å². The number of ether oxygens (including phenoxy) is 2. The molecule has 7 heteroatoms. The predicted molar refractivity (Wildman–Crippen MR) is 297 cm³/mol. The summed E-state index contributed by atoms with van der Waals surface area (Å²) in [7, 11) is 0. The van der Waals surface area contributed by atoms with Crippen molar-refractivity contribution >= 4 is 17.8 Å². The molecule has 1 amide bonds. The van der Waals surface area contributed by atoms with Crippen LogP contribution in [0.5, 0.6) is 0 Å². The van der Waals surface area contributed by atoms with Crippen molar-refractivity contribution < 1.29 is 23.9 Å². The summed E-state index contributed by atoms with van der Waals surface area (Å²) in [5.74, 6) is 1.46. The van der Waals surface area contributed by atoms with E-state index in [2.05, 4.69) is 44.4 Å². The Morgan fingerprint density at radius 1 is 0.391 bits per heavy atom. The first-order chi connectivity index (χ1) is 33.9. The molecule has 0 spiro atoms. The van der Waals surface area contributed by atoms with Crippen molar-refractivity contribution in [1.29, 1.82) is 0 Å². The van der Waals surface area contributed by atoms with Crippen molar-refractivity contribution in [2.24, 2.45) is 11.8 Å². The fraction of sp³-hybridized carbons (Fsp3) is 0.952. The van der Waals surface area contributed by atoms with Crippen LogP contribution < -0.4 is 0 Å². The van der Waals surface area contributed by atoms with Crippen molar-refractivity contribution in [2.75, 3.05) is 39.4 Å². The second kappa shape index (κ2) is 49.9. The Bertz CT molecular complexity index is 1070. The monoisotopic (exact) mass is 973 g/mol. The molecule has 0 saturated carbocycles. The summed E-state index contributed by atoms with van der Waals surface area (Å²) < 4.78 is 11.6. The molecule has 0 aromatic carbocycles. The highest BCUT2D eigenvalue weighted by atomic mass is 16.5. The molecule has 1 aliphatic rings. The first kappa shape index (κ1) is 65.4. The lowest BCUT2D eigenvalue weighted by Crippen LogP contribution is -2.41. The summed E-state index contributed by atoms with van der Waals surface area (Å²) in [5, 5.41) is 0. The number of hydrogen-bond donors (Lipinski definition) is 0. The fourth-order valence-corrected chi connectivity index (χ4v) is 10.8. The Balaban J connectivity index is 2.68. The predicted octanol–water partition coefficient (Wildman–Crippen LogP) is 18.5. The molecule has 0 aliphatic carbocycles. The van der Waals surface area contributed by atoms with Gasteiger partial charge in [-0.2, -0.15) is 0 Å². The minimum Gasteiger partial charge on any atom is -0.465 e. The highest BCUT2D eigenvalue weighted by molar-refractivity contribution is 5.76. The third kappa shape index (κ3) is 40.5. The van der Waals surface area contributed by atoms with E-state index in [0.29, 0.717) is 56.3 Å². The first-order valence-corrected chi connectivity index (χ1v) is 31.2. The number of carbonyl (C=O) groups excluding carboxylic acids is 3. The zero-order valence-corrected chi connectivity index (χ0v) is 47.2. The number of hydrogen-bond acceptors (Lipinski definition) is 6. The molecule has 7 nitrogen and oxygen atoms in total. The van der Waals surface area contributed by atoms with Crippen LogP contribution in [0.25, 0.3) is 0 Å². The highest BCUT2D eigenvalue weighted by Crippen LogP contribution is 2.24. The summed E-state index contributed by atoms with van der Waals surface area (Å²) in [6.45, 7) is 17.1. The van der Waals surface area contributed by atoms with Gasteiger partial charge in [-0.1, -0.05) is 221 Å². The second-order valence-electron chi connectivity index (χ2n) is 22.1. The maximum Gasteiger partial charge on any atom is 0.305 e. The normalized spacial score (nSPS) is 14.3. The van der Waals surface area contributed by atoms with E-state index >= 15 is 0 Å². The maximum absolute atomic E-state index is 14.2. The number of esters is 2. The number of amides is 1. The van der Waals surface area contributed by atoms with Gasteiger partial charge in [0.15, 0.2) is 0 Å². The van der Waals surface area contributed by atoms with Gasteiger partial charge in [-0.3, -0.25) is 14.4 Å². The quantitative estimate of drug-likeness (QED) is 0.0446. The van der Waals surface area contributed by atoms with Crippen molar-refractivity contribution in [3.63, 3.8) is 0 Å². The number of likely N-dealkylation sites (tertiary alicyclic amines) is 1. The Labute approximate surface area is 430 Å². The van der Waals surface area contributed by atoms with Crippen LogP contribution in [0.2, 0.25) is 0 Å². The van der Waals surface area contributed by atoms with E-state index in [1.807, 2.05) is 0 Å². The topological polar surface area (TPSA) is 76.2 Å². The molecular formula is C62H120N2O5. The summed E-state index contributed by atoms with van der Waals surface area (Å²) in [6, 6.07) is 0.339. The molecule has 1 heterocycles. The van der Waals surface area contributed by atoms with Gasteiger partial charge in [-0.25, -0.2) is 0 Å². The molecule has 2 atom stereocenters. The van der Waals surface area contributed by atoms with E-state index < -0.39 is 0 Å². The van der Waals surface area contributed by atoms with Gasteiger partial charge < -0.3 is 19.3 Å². The van der Waals surface area contributed by atoms with Crippen LogP contribution in [0.15, 0.2) is 0 Å². The van der Waals surface area contributed by atoms with Gasteiger partial charge in [-0.05, 0) is 115 Å². The highest BCUT2D eigenvalue weighted by Gasteiger charge is 2.23. The molecule has 69 heavy (non-hydrogen) atoms. The SMILES string of the molecule is CCCCCCCCCCN(C(=O)CCCCN1CCCC1)C(CCCCCCCCC(=O)OCC(CCCC)CCCCCC)CCCCCCCCC(=O)OCC(CCCC)CCCCCC. The molecule has 0 aromatic rings. The molecule has 1 rings (SSSR count). The Hall–Kier alpha value is -1.63. The molecule has 1 fully saturated rings. The molecule has 0 radical (unpaired) electrons. The maximum atomic E-state index is 14.2. The molecule has 1 saturated heterocycles. The lowest BCUT2D eigenvalue weighted by atomic mass is 9.96. The molecule has 0 bridgehead atoms. The first-order valence-electron chi connectivity index (χ1n) is 31.2. The van der Waals surface area contributed by atoms with Gasteiger partial charge in [0.1, 0.15) is 0 Å². The third-order valence-electron chi connectivity index (χ3n) is 15.5. The summed E-state index contributed by atoms with van der Waals surface area (Å²) in [6.07, 6.45) is 52.5. The van der Waals surface area contributed by atoms with Gasteiger partial charge in [0, 0.05) is 31.8 Å². The van der Waals surface area contributed by atoms with Crippen LogP contribution in [-0.4, -0.2) is 73.1 Å². The molecule has 0 aromatic heterocycles. The zero-order valence-electron chi connectivity index (χ0n) is 47.2. The molecule has 2 unspecified atom stereocenters. The van der Waals surface area contributed by atoms with Gasteiger partial charge in [0.05, 0.1) is 13.2 Å². The van der Waals surface area contributed by atoms with Gasteiger partial charge in [0.25, 0.3) is 0 Å². The average molecular weight is 974 g/mol. The Kier molecular flexibility index (Phi) is 47.3. The largest absolute Gasteiger partial charge is 0.465 e. The lowest BCUT2D eigenvalue weighted by molar-refractivity contribution is -0.146. The van der Waals surface area contributed by atoms with E-state index in [1.165, 1.54) is 225 Å². The van der Waals surface area contributed by atoms with Crippen LogP contribution in [0.3, 0.4) is 0 Å². The van der Waals surface area contributed by atoms with E-state index in [0.717, 1.165) is 70.9 Å². The molecule has 0 N–H and O–H groups in total. The van der Waals surface area contributed by atoms with Crippen LogP contribution in [0, 0.1) is 11.8 Å². The summed E-state index contributed by atoms with van der Waals surface area (Å²) >= 11 is 0. The number of nitrogens with zero attached hydrogens (tertiary/aromatic N) is 2. The van der Waals surface area contributed by atoms with E-state index in [4.69, 9.17) is 9.47 Å². The van der Waals surface area contributed by atoms with E-state index in [-0.39, 0.29) is 11.9 Å². The van der Waals surface area contributed by atoms with Crippen molar-refractivity contribution in [1.82, 2.24) is 9.80 Å². The minimum absolute atomic E-state index is 0.000221.